The number of benzene rings is 2. The lowest BCUT2D eigenvalue weighted by Gasteiger charge is -2.21. The summed E-state index contributed by atoms with van der Waals surface area (Å²) < 4.78 is 18.6. The van der Waals surface area contributed by atoms with E-state index in [0.717, 1.165) is 5.69 Å². The van der Waals surface area contributed by atoms with Gasteiger partial charge in [-0.05, 0) is 24.3 Å². The third-order valence-corrected chi connectivity index (χ3v) is 2.54. The van der Waals surface area contributed by atoms with Gasteiger partial charge in [0.15, 0.2) is 11.5 Å². The van der Waals surface area contributed by atoms with Crippen LogP contribution in [0, 0.1) is 17.1 Å². The Balaban J connectivity index is 2.08. The largest absolute Gasteiger partial charge is 0.453 e. The lowest BCUT2D eigenvalue weighted by Crippen LogP contribution is -2.03. The molecule has 2 aromatic carbocycles. The van der Waals surface area contributed by atoms with Gasteiger partial charge in [-0.2, -0.15) is 5.26 Å². The van der Waals surface area contributed by atoms with Crippen LogP contribution in [-0.4, -0.2) is 0 Å². The van der Waals surface area contributed by atoms with E-state index in [2.05, 4.69) is 5.32 Å². The Bertz CT molecular complexity index is 646. The molecule has 0 saturated heterocycles. The van der Waals surface area contributed by atoms with Crippen molar-refractivity contribution >= 4 is 11.4 Å². The second-order valence-corrected chi connectivity index (χ2v) is 3.69. The number of rotatable bonds is 0. The second-order valence-electron chi connectivity index (χ2n) is 3.69. The standard InChI is InChI=1S/C13H7FN2O/c14-9-2-4-11-13(6-9)17-12-5-8(7-15)1-3-10(12)16-11/h1-6,16H. The quantitative estimate of drug-likeness (QED) is 0.637. The molecule has 0 spiro atoms. The van der Waals surface area contributed by atoms with Gasteiger partial charge in [-0.15, -0.1) is 0 Å². The predicted molar refractivity (Wildman–Crippen MR) is 60.9 cm³/mol. The highest BCUT2D eigenvalue weighted by Gasteiger charge is 2.17. The van der Waals surface area contributed by atoms with Crippen LogP contribution in [0.5, 0.6) is 11.5 Å². The molecule has 1 N–H and O–H groups in total. The molecule has 2 aromatic rings. The normalized spacial score (nSPS) is 11.5. The van der Waals surface area contributed by atoms with E-state index >= 15 is 0 Å². The van der Waals surface area contributed by atoms with Crippen LogP contribution in [0.1, 0.15) is 5.56 Å². The Morgan fingerprint density at radius 1 is 1.06 bits per heavy atom. The lowest BCUT2D eigenvalue weighted by molar-refractivity contribution is 0.475. The van der Waals surface area contributed by atoms with Crippen molar-refractivity contribution in [3.05, 3.63) is 47.8 Å². The smallest absolute Gasteiger partial charge is 0.153 e. The monoisotopic (exact) mass is 226 g/mol. The predicted octanol–water partition coefficient (Wildman–Crippen LogP) is 3.55. The summed E-state index contributed by atoms with van der Waals surface area (Å²) in [5.41, 5.74) is 1.98. The molecule has 3 rings (SSSR count). The molecule has 0 unspecified atom stereocenters. The fourth-order valence-corrected chi connectivity index (χ4v) is 1.73. The number of nitriles is 1. The van der Waals surface area contributed by atoms with Crippen LogP contribution in [0.4, 0.5) is 15.8 Å². The number of anilines is 2. The molecule has 1 aliphatic heterocycles. The van der Waals surface area contributed by atoms with E-state index in [-0.39, 0.29) is 5.82 Å². The van der Waals surface area contributed by atoms with E-state index in [4.69, 9.17) is 10.00 Å². The fraction of sp³-hybridized carbons (Fsp3) is 0. The van der Waals surface area contributed by atoms with Gasteiger partial charge in [0.2, 0.25) is 0 Å². The zero-order chi connectivity index (χ0) is 11.8. The van der Waals surface area contributed by atoms with Crippen molar-refractivity contribution in [3.63, 3.8) is 0 Å². The van der Waals surface area contributed by atoms with E-state index in [0.29, 0.717) is 22.7 Å². The number of ether oxygens (including phenoxy) is 1. The molecular formula is C13H7FN2O. The molecule has 0 fully saturated rings. The van der Waals surface area contributed by atoms with Gasteiger partial charge in [0.25, 0.3) is 0 Å². The summed E-state index contributed by atoms with van der Waals surface area (Å²) in [5.74, 6) is 0.597. The van der Waals surface area contributed by atoms with E-state index in [1.165, 1.54) is 12.1 Å². The number of nitrogens with one attached hydrogen (secondary N) is 1. The van der Waals surface area contributed by atoms with E-state index in [1.54, 1.807) is 24.3 Å². The first-order valence-electron chi connectivity index (χ1n) is 5.05. The van der Waals surface area contributed by atoms with Gasteiger partial charge < -0.3 is 10.1 Å². The van der Waals surface area contributed by atoms with Crippen molar-refractivity contribution in [2.24, 2.45) is 0 Å². The number of nitrogens with zero attached hydrogens (tertiary/aromatic N) is 1. The average molecular weight is 226 g/mol. The summed E-state index contributed by atoms with van der Waals surface area (Å²) >= 11 is 0. The summed E-state index contributed by atoms with van der Waals surface area (Å²) in [6, 6.07) is 11.4. The molecule has 0 atom stereocenters. The number of hydrogen-bond acceptors (Lipinski definition) is 3. The number of halogens is 1. The zero-order valence-electron chi connectivity index (χ0n) is 8.70. The Morgan fingerprint density at radius 3 is 2.53 bits per heavy atom. The summed E-state index contributed by atoms with van der Waals surface area (Å²) in [7, 11) is 0. The van der Waals surface area contributed by atoms with Crippen molar-refractivity contribution in [2.75, 3.05) is 5.32 Å². The Hall–Kier alpha value is -2.54. The molecule has 0 saturated carbocycles. The van der Waals surface area contributed by atoms with Crippen molar-refractivity contribution in [1.29, 1.82) is 5.26 Å². The van der Waals surface area contributed by atoms with Crippen LogP contribution < -0.4 is 10.1 Å². The molecular weight excluding hydrogens is 219 g/mol. The van der Waals surface area contributed by atoms with E-state index < -0.39 is 0 Å². The first kappa shape index (κ1) is 9.67. The second kappa shape index (κ2) is 3.49. The Labute approximate surface area is 97.1 Å². The lowest BCUT2D eigenvalue weighted by atomic mass is 10.1. The molecule has 0 aliphatic carbocycles. The van der Waals surface area contributed by atoms with Crippen molar-refractivity contribution in [3.8, 4) is 17.6 Å². The molecule has 0 bridgehead atoms. The highest BCUT2D eigenvalue weighted by molar-refractivity contribution is 5.76. The number of hydrogen-bond donors (Lipinski definition) is 1. The molecule has 3 nitrogen and oxygen atoms in total. The van der Waals surface area contributed by atoms with Gasteiger partial charge in [0.05, 0.1) is 23.0 Å². The highest BCUT2D eigenvalue weighted by atomic mass is 19.1. The summed E-state index contributed by atoms with van der Waals surface area (Å²) in [6.45, 7) is 0. The van der Waals surface area contributed by atoms with Crippen LogP contribution in [0.15, 0.2) is 36.4 Å². The van der Waals surface area contributed by atoms with E-state index in [1.807, 2.05) is 6.07 Å². The van der Waals surface area contributed by atoms with Crippen molar-refractivity contribution in [2.45, 2.75) is 0 Å². The minimum absolute atomic E-state index is 0.356. The minimum Gasteiger partial charge on any atom is -0.453 e. The first-order chi connectivity index (χ1) is 8.26. The summed E-state index contributed by atoms with van der Waals surface area (Å²) in [5, 5.41) is 11.9. The Morgan fingerprint density at radius 2 is 1.76 bits per heavy atom. The van der Waals surface area contributed by atoms with Gasteiger partial charge in [0.1, 0.15) is 5.82 Å². The maximum absolute atomic E-state index is 13.1. The molecule has 4 heteroatoms. The number of fused-ring (bicyclic) bond motifs is 2. The zero-order valence-corrected chi connectivity index (χ0v) is 8.70. The molecule has 17 heavy (non-hydrogen) atoms. The molecule has 1 heterocycles. The van der Waals surface area contributed by atoms with Crippen molar-refractivity contribution in [1.82, 2.24) is 0 Å². The maximum atomic E-state index is 13.1. The fourth-order valence-electron chi connectivity index (χ4n) is 1.73. The van der Waals surface area contributed by atoms with Gasteiger partial charge in [-0.1, -0.05) is 0 Å². The molecule has 0 aromatic heterocycles. The van der Waals surface area contributed by atoms with Crippen LogP contribution in [-0.2, 0) is 0 Å². The molecule has 0 amide bonds. The molecule has 82 valence electrons. The van der Waals surface area contributed by atoms with E-state index in [9.17, 15) is 4.39 Å². The molecule has 1 aliphatic rings. The SMILES string of the molecule is N#Cc1ccc2c(c1)Oc1cc(F)ccc1N2. The van der Waals surface area contributed by atoms with Crippen LogP contribution in [0.3, 0.4) is 0 Å². The first-order valence-corrected chi connectivity index (χ1v) is 5.05. The summed E-state index contributed by atoms with van der Waals surface area (Å²) in [4.78, 5) is 0. The Kier molecular flexibility index (Phi) is 1.99. The minimum atomic E-state index is -0.356. The van der Waals surface area contributed by atoms with Gasteiger partial charge in [-0.3, -0.25) is 0 Å². The third-order valence-electron chi connectivity index (χ3n) is 2.54. The van der Waals surface area contributed by atoms with Crippen LogP contribution in [0.2, 0.25) is 0 Å². The van der Waals surface area contributed by atoms with Crippen molar-refractivity contribution < 1.29 is 9.13 Å². The highest BCUT2D eigenvalue weighted by Crippen LogP contribution is 2.42. The topological polar surface area (TPSA) is 45.0 Å². The van der Waals surface area contributed by atoms with Gasteiger partial charge >= 0.3 is 0 Å². The van der Waals surface area contributed by atoms with Crippen LogP contribution in [0.25, 0.3) is 0 Å². The van der Waals surface area contributed by atoms with Gasteiger partial charge in [0, 0.05) is 12.1 Å². The maximum Gasteiger partial charge on any atom is 0.153 e. The average Bonchev–Trinajstić information content (AvgIpc) is 2.35. The molecule has 0 radical (unpaired) electrons. The summed E-state index contributed by atoms with van der Waals surface area (Å²) in [6.07, 6.45) is 0. The third kappa shape index (κ3) is 1.58. The van der Waals surface area contributed by atoms with Crippen LogP contribution >= 0.6 is 0 Å². The van der Waals surface area contributed by atoms with Gasteiger partial charge in [-0.25, -0.2) is 4.39 Å².